The third kappa shape index (κ3) is 35.1. The molecule has 4 amide bonds. The van der Waals surface area contributed by atoms with E-state index in [-0.39, 0.29) is 55.2 Å². The summed E-state index contributed by atoms with van der Waals surface area (Å²) in [7, 11) is 0. The molecule has 0 saturated carbocycles. The fraction of sp³-hybridized carbons (Fsp3) is 0.611. The van der Waals surface area contributed by atoms with Crippen LogP contribution in [0.15, 0.2) is 94.2 Å². The van der Waals surface area contributed by atoms with Crippen LogP contribution in [0.25, 0.3) is 0 Å². The molecule has 0 unspecified atom stereocenters. The van der Waals surface area contributed by atoms with Gasteiger partial charge in [0.1, 0.15) is 12.3 Å². The SMILES string of the molecule is CC(C)=C/C=C/C(C)=C/C(=O)NCCCC[C@@H](NC(=O)/C=C(C)/C=C/C=C(C)/C=C/C1=C(C)CCCC1(C)C)C(=O)NCCOCCOCCNC(=O)CCOCCOCCOCCOCCC=O. The molecule has 0 heterocycles. The average molecular weight is 967 g/mol. The summed E-state index contributed by atoms with van der Waals surface area (Å²) < 4.78 is 32.6. The molecule has 15 heteroatoms. The first-order valence-corrected chi connectivity index (χ1v) is 24.6. The molecule has 0 aromatic carbocycles. The van der Waals surface area contributed by atoms with Crippen LogP contribution < -0.4 is 21.3 Å². The first-order valence-electron chi connectivity index (χ1n) is 24.6. The zero-order valence-electron chi connectivity index (χ0n) is 43.2. The Labute approximate surface area is 413 Å². The number of unbranched alkanes of at least 4 members (excludes halogenated alkanes) is 1. The van der Waals surface area contributed by atoms with Crippen LogP contribution in [0.5, 0.6) is 0 Å². The second kappa shape index (κ2) is 40.0. The first kappa shape index (κ1) is 62.2. The van der Waals surface area contributed by atoms with Gasteiger partial charge in [-0.25, -0.2) is 0 Å². The summed E-state index contributed by atoms with van der Waals surface area (Å²) in [6.07, 6.45) is 25.5. The van der Waals surface area contributed by atoms with Gasteiger partial charge in [0, 0.05) is 44.6 Å². The topological polar surface area (TPSA) is 189 Å². The molecule has 0 bridgehead atoms. The monoisotopic (exact) mass is 967 g/mol. The van der Waals surface area contributed by atoms with Crippen LogP contribution in [0, 0.1) is 5.41 Å². The van der Waals surface area contributed by atoms with Crippen LogP contribution in [-0.2, 0) is 52.4 Å². The predicted molar refractivity (Wildman–Crippen MR) is 273 cm³/mol. The molecule has 0 aromatic heterocycles. The Morgan fingerprint density at radius 3 is 1.77 bits per heavy atom. The molecule has 0 fully saturated rings. The lowest BCUT2D eigenvalue weighted by molar-refractivity contribution is -0.127. The lowest BCUT2D eigenvalue weighted by atomic mass is 9.72. The Hall–Kier alpha value is -4.77. The van der Waals surface area contributed by atoms with Crippen molar-refractivity contribution in [3.05, 3.63) is 94.2 Å². The molecular weight excluding hydrogens is 881 g/mol. The van der Waals surface area contributed by atoms with Gasteiger partial charge in [-0.1, -0.05) is 79.2 Å². The van der Waals surface area contributed by atoms with Crippen molar-refractivity contribution in [2.24, 2.45) is 5.41 Å². The van der Waals surface area contributed by atoms with E-state index in [1.54, 1.807) is 6.08 Å². The Kier molecular flexibility index (Phi) is 36.1. The van der Waals surface area contributed by atoms with Crippen LogP contribution in [0.4, 0.5) is 0 Å². The van der Waals surface area contributed by atoms with Crippen molar-refractivity contribution >= 4 is 29.9 Å². The predicted octanol–water partition coefficient (Wildman–Crippen LogP) is 7.07. The number of ether oxygens (including phenoxy) is 6. The number of amides is 4. The molecule has 4 N–H and O–H groups in total. The van der Waals surface area contributed by atoms with Crippen LogP contribution in [0.3, 0.4) is 0 Å². The molecule has 1 atom stereocenters. The number of aldehydes is 1. The molecule has 0 aromatic rings. The van der Waals surface area contributed by atoms with E-state index >= 15 is 0 Å². The first-order chi connectivity index (χ1) is 33.1. The van der Waals surface area contributed by atoms with E-state index in [1.165, 1.54) is 35.6 Å². The lowest BCUT2D eigenvalue weighted by Gasteiger charge is -2.32. The van der Waals surface area contributed by atoms with Crippen molar-refractivity contribution in [2.75, 3.05) is 98.9 Å². The van der Waals surface area contributed by atoms with Gasteiger partial charge in [-0.05, 0) is 102 Å². The van der Waals surface area contributed by atoms with Gasteiger partial charge in [-0.2, -0.15) is 0 Å². The van der Waals surface area contributed by atoms with Crippen molar-refractivity contribution in [1.29, 1.82) is 0 Å². The molecule has 69 heavy (non-hydrogen) atoms. The van der Waals surface area contributed by atoms with E-state index in [4.69, 9.17) is 28.4 Å². The van der Waals surface area contributed by atoms with E-state index in [0.29, 0.717) is 105 Å². The third-order valence-electron chi connectivity index (χ3n) is 10.6. The number of allylic oxidation sites excluding steroid dienone is 14. The maximum atomic E-state index is 13.3. The van der Waals surface area contributed by atoms with Gasteiger partial charge in [0.2, 0.25) is 23.6 Å². The molecule has 1 aliphatic carbocycles. The number of rotatable bonds is 39. The van der Waals surface area contributed by atoms with Gasteiger partial charge in [-0.3, -0.25) is 19.2 Å². The average Bonchev–Trinajstić information content (AvgIpc) is 3.28. The fourth-order valence-electron chi connectivity index (χ4n) is 6.85. The van der Waals surface area contributed by atoms with Crippen molar-refractivity contribution in [3.8, 4) is 0 Å². The van der Waals surface area contributed by atoms with E-state index in [0.717, 1.165) is 29.4 Å². The number of nitrogens with one attached hydrogen (secondary N) is 4. The molecule has 15 nitrogen and oxygen atoms in total. The smallest absolute Gasteiger partial charge is 0.244 e. The van der Waals surface area contributed by atoms with Crippen LogP contribution in [0.1, 0.15) is 107 Å². The van der Waals surface area contributed by atoms with Gasteiger partial charge >= 0.3 is 0 Å². The number of carbonyl (C=O) groups is 5. The molecule has 1 aliphatic rings. The van der Waals surface area contributed by atoms with Crippen molar-refractivity contribution in [2.45, 2.75) is 113 Å². The zero-order chi connectivity index (χ0) is 51.0. The Bertz CT molecular complexity index is 1770. The molecule has 0 radical (unpaired) electrons. The van der Waals surface area contributed by atoms with Crippen LogP contribution in [0.2, 0.25) is 0 Å². The maximum Gasteiger partial charge on any atom is 0.244 e. The Morgan fingerprint density at radius 1 is 0.623 bits per heavy atom. The lowest BCUT2D eigenvalue weighted by Crippen LogP contribution is -2.47. The summed E-state index contributed by atoms with van der Waals surface area (Å²) in [5.74, 6) is -1.03. The van der Waals surface area contributed by atoms with Gasteiger partial charge in [0.05, 0.1) is 79.3 Å². The molecule has 0 spiro atoms. The molecule has 1 rings (SSSR count). The molecule has 388 valence electrons. The summed E-state index contributed by atoms with van der Waals surface area (Å²) in [5.41, 5.74) is 6.87. The minimum absolute atomic E-state index is 0.143. The minimum Gasteiger partial charge on any atom is -0.379 e. The number of carbonyl (C=O) groups excluding carboxylic acids is 5. The van der Waals surface area contributed by atoms with Crippen molar-refractivity contribution in [3.63, 3.8) is 0 Å². The van der Waals surface area contributed by atoms with Gasteiger partial charge in [0.25, 0.3) is 0 Å². The van der Waals surface area contributed by atoms with Gasteiger partial charge < -0.3 is 54.5 Å². The second-order valence-corrected chi connectivity index (χ2v) is 17.8. The van der Waals surface area contributed by atoms with Crippen molar-refractivity contribution < 1.29 is 52.4 Å². The number of hydrogen-bond donors (Lipinski definition) is 4. The summed E-state index contributed by atoms with van der Waals surface area (Å²) in [6, 6.07) is -0.786. The largest absolute Gasteiger partial charge is 0.379 e. The summed E-state index contributed by atoms with van der Waals surface area (Å²) in [5, 5.41) is 11.4. The second-order valence-electron chi connectivity index (χ2n) is 17.8. The highest BCUT2D eigenvalue weighted by Gasteiger charge is 2.26. The zero-order valence-corrected chi connectivity index (χ0v) is 43.2. The fourth-order valence-corrected chi connectivity index (χ4v) is 6.85. The number of hydrogen-bond acceptors (Lipinski definition) is 11. The third-order valence-corrected chi connectivity index (χ3v) is 10.6. The van der Waals surface area contributed by atoms with Crippen molar-refractivity contribution in [1.82, 2.24) is 21.3 Å². The molecule has 0 aliphatic heterocycles. The normalized spacial score (nSPS) is 14.9. The molecular formula is C54H86N4O11. The highest BCUT2D eigenvalue weighted by molar-refractivity contribution is 5.93. The van der Waals surface area contributed by atoms with Crippen LogP contribution in [-0.4, -0.2) is 135 Å². The standard InChI is InChI=1S/C54H86N4O11/c1-43(2)15-11-17-45(4)41-51(61)55-25-10-9-20-49(58-52(62)42-46(5)18-12-16-44(3)21-22-48-47(6)19-13-24-54(48,7)8)53(63)57-27-32-67-36-35-66-31-26-56-50(60)23-30-65-34-38-69-40-39-68-37-33-64-29-14-28-59/h11-12,15-18,21-22,28,41-42,49H,9-10,13-14,19-20,23-27,29-40H2,1-8H3,(H,55,61)(H,56,60)(H,57,63)(H,58,62)/b17-11+,18-12+,22-21+,44-16+,45-41+,46-42+/t49-/m1/s1. The summed E-state index contributed by atoms with van der Waals surface area (Å²) in [6.45, 7) is 22.0. The highest BCUT2D eigenvalue weighted by atomic mass is 16.6. The van der Waals surface area contributed by atoms with E-state index in [1.807, 2.05) is 64.2 Å². The Balaban J connectivity index is 2.48. The van der Waals surface area contributed by atoms with E-state index in [9.17, 15) is 24.0 Å². The minimum atomic E-state index is -0.786. The molecule has 0 saturated heterocycles. The van der Waals surface area contributed by atoms with Gasteiger partial charge in [0.15, 0.2) is 0 Å². The quantitative estimate of drug-likeness (QED) is 0.0214. The highest BCUT2D eigenvalue weighted by Crippen LogP contribution is 2.40. The van der Waals surface area contributed by atoms with Gasteiger partial charge in [-0.15, -0.1) is 0 Å². The Morgan fingerprint density at radius 2 is 1.17 bits per heavy atom. The van der Waals surface area contributed by atoms with E-state index < -0.39 is 6.04 Å². The summed E-state index contributed by atoms with van der Waals surface area (Å²) >= 11 is 0. The van der Waals surface area contributed by atoms with Crippen LogP contribution >= 0.6 is 0 Å². The maximum absolute atomic E-state index is 13.3. The summed E-state index contributed by atoms with van der Waals surface area (Å²) in [4.78, 5) is 61.2. The van der Waals surface area contributed by atoms with E-state index in [2.05, 4.69) is 61.1 Å².